The number of amides is 1. The van der Waals surface area contributed by atoms with E-state index in [1.54, 1.807) is 24.3 Å². The molecular weight excluding hydrogens is 216 g/mol. The smallest absolute Gasteiger partial charge is 0.257 e. The molecule has 0 bridgehead atoms. The van der Waals surface area contributed by atoms with Crippen molar-refractivity contribution in [3.8, 4) is 6.07 Å². The van der Waals surface area contributed by atoms with Gasteiger partial charge in [0.15, 0.2) is 0 Å². The van der Waals surface area contributed by atoms with E-state index in [0.717, 1.165) is 12.8 Å². The molecule has 0 fully saturated rings. The summed E-state index contributed by atoms with van der Waals surface area (Å²) in [5, 5.41) is 11.7. The van der Waals surface area contributed by atoms with Crippen LogP contribution in [-0.2, 0) is 15.3 Å². The van der Waals surface area contributed by atoms with E-state index in [2.05, 4.69) is 5.32 Å². The Hall–Kier alpha value is -1.86. The molecule has 1 unspecified atom stereocenters. The number of nitrogens with one attached hydrogen (secondary N) is 1. The van der Waals surface area contributed by atoms with Gasteiger partial charge in [-0.2, -0.15) is 5.26 Å². The molecule has 0 aliphatic heterocycles. The molecule has 1 rings (SSSR count). The van der Waals surface area contributed by atoms with Gasteiger partial charge < -0.3 is 10.1 Å². The van der Waals surface area contributed by atoms with Crippen LogP contribution >= 0.6 is 0 Å². The number of unbranched alkanes of at least 4 members (excludes halogenated alkanes) is 1. The fourth-order valence-corrected chi connectivity index (χ4v) is 1.46. The molecule has 0 heterocycles. The van der Waals surface area contributed by atoms with E-state index in [1.165, 1.54) is 0 Å². The molecular formula is C13H16N2O2. The molecule has 0 aromatic heterocycles. The third kappa shape index (κ3) is 3.30. The van der Waals surface area contributed by atoms with Crippen LogP contribution < -0.4 is 5.32 Å². The summed E-state index contributed by atoms with van der Waals surface area (Å²) in [7, 11) is 0. The zero-order chi connectivity index (χ0) is 12.6. The summed E-state index contributed by atoms with van der Waals surface area (Å²) in [5.41, 5.74) is -0.747. The van der Waals surface area contributed by atoms with Crippen molar-refractivity contribution in [1.29, 1.82) is 5.26 Å². The van der Waals surface area contributed by atoms with Gasteiger partial charge in [0, 0.05) is 5.56 Å². The molecule has 1 aromatic carbocycles. The van der Waals surface area contributed by atoms with E-state index < -0.39 is 5.72 Å². The van der Waals surface area contributed by atoms with Crippen molar-refractivity contribution >= 4 is 6.41 Å². The predicted octanol–water partition coefficient (Wildman–Crippen LogP) is 1.93. The Labute approximate surface area is 101 Å². The zero-order valence-corrected chi connectivity index (χ0v) is 9.85. The van der Waals surface area contributed by atoms with E-state index in [-0.39, 0.29) is 0 Å². The van der Waals surface area contributed by atoms with Gasteiger partial charge in [-0.05, 0) is 6.42 Å². The maximum absolute atomic E-state index is 10.6. The highest BCUT2D eigenvalue weighted by atomic mass is 16.5. The normalized spacial score (nSPS) is 13.4. The molecule has 0 radical (unpaired) electrons. The minimum absolute atomic E-state index is 0.430. The highest BCUT2D eigenvalue weighted by Crippen LogP contribution is 2.21. The molecule has 4 nitrogen and oxygen atoms in total. The van der Waals surface area contributed by atoms with Crippen molar-refractivity contribution in [1.82, 2.24) is 5.32 Å². The van der Waals surface area contributed by atoms with Crippen LogP contribution in [0.3, 0.4) is 0 Å². The van der Waals surface area contributed by atoms with E-state index >= 15 is 0 Å². The van der Waals surface area contributed by atoms with Crippen LogP contribution in [0, 0.1) is 11.3 Å². The molecule has 1 N–H and O–H groups in total. The standard InChI is InChI=1S/C13H16N2O2/c1-2-3-9-17-13(10-14,15-11-16)12-7-5-4-6-8-12/h4-8,11H,2-3,9H2,1H3,(H,15,16). The Balaban J connectivity index is 2.93. The summed E-state index contributed by atoms with van der Waals surface area (Å²) in [6.45, 7) is 2.47. The molecule has 1 atom stereocenters. The van der Waals surface area contributed by atoms with Gasteiger partial charge in [0.25, 0.3) is 5.72 Å². The molecule has 0 aliphatic rings. The number of nitriles is 1. The fourth-order valence-electron chi connectivity index (χ4n) is 1.46. The Morgan fingerprint density at radius 2 is 2.18 bits per heavy atom. The third-order valence-corrected chi connectivity index (χ3v) is 2.42. The first-order valence-corrected chi connectivity index (χ1v) is 5.61. The second-order valence-corrected chi connectivity index (χ2v) is 3.62. The predicted molar refractivity (Wildman–Crippen MR) is 63.8 cm³/mol. The molecule has 0 saturated heterocycles. The molecule has 0 saturated carbocycles. The lowest BCUT2D eigenvalue weighted by Gasteiger charge is -2.26. The summed E-state index contributed by atoms with van der Waals surface area (Å²) < 4.78 is 5.54. The first-order valence-electron chi connectivity index (χ1n) is 5.61. The van der Waals surface area contributed by atoms with Gasteiger partial charge in [-0.15, -0.1) is 0 Å². The summed E-state index contributed by atoms with van der Waals surface area (Å²) in [4.78, 5) is 10.6. The number of carbonyl (C=O) groups excluding carboxylic acids is 1. The largest absolute Gasteiger partial charge is 0.340 e. The summed E-state index contributed by atoms with van der Waals surface area (Å²) in [6, 6.07) is 11.0. The average Bonchev–Trinajstić information content (AvgIpc) is 2.39. The number of ether oxygens (including phenoxy) is 1. The van der Waals surface area contributed by atoms with Crippen molar-refractivity contribution in [2.45, 2.75) is 25.5 Å². The number of carbonyl (C=O) groups is 1. The maximum atomic E-state index is 10.6. The minimum Gasteiger partial charge on any atom is -0.340 e. The lowest BCUT2D eigenvalue weighted by molar-refractivity contribution is -0.118. The SMILES string of the molecule is CCCCOC(C#N)(NC=O)c1ccccc1. The van der Waals surface area contributed by atoms with Crippen molar-refractivity contribution in [3.05, 3.63) is 35.9 Å². The monoisotopic (exact) mass is 232 g/mol. The number of hydrogen-bond acceptors (Lipinski definition) is 3. The first kappa shape index (κ1) is 13.2. The van der Waals surface area contributed by atoms with Crippen LogP contribution in [0.4, 0.5) is 0 Å². The number of hydrogen-bond donors (Lipinski definition) is 1. The third-order valence-electron chi connectivity index (χ3n) is 2.42. The summed E-state index contributed by atoms with van der Waals surface area (Å²) in [6.07, 6.45) is 2.30. The summed E-state index contributed by atoms with van der Waals surface area (Å²) >= 11 is 0. The van der Waals surface area contributed by atoms with Crippen LogP contribution in [0.5, 0.6) is 0 Å². The van der Waals surface area contributed by atoms with Crippen LogP contribution in [-0.4, -0.2) is 13.0 Å². The van der Waals surface area contributed by atoms with Crippen molar-refractivity contribution in [2.24, 2.45) is 0 Å². The maximum Gasteiger partial charge on any atom is 0.257 e. The Bertz CT molecular complexity index is 386. The van der Waals surface area contributed by atoms with E-state index in [9.17, 15) is 10.1 Å². The molecule has 0 aliphatic carbocycles. The van der Waals surface area contributed by atoms with E-state index in [1.807, 2.05) is 19.1 Å². The van der Waals surface area contributed by atoms with Gasteiger partial charge in [-0.1, -0.05) is 43.7 Å². The average molecular weight is 232 g/mol. The van der Waals surface area contributed by atoms with Gasteiger partial charge >= 0.3 is 0 Å². The van der Waals surface area contributed by atoms with Crippen molar-refractivity contribution in [3.63, 3.8) is 0 Å². The molecule has 0 spiro atoms. The molecule has 1 amide bonds. The zero-order valence-electron chi connectivity index (χ0n) is 9.85. The lowest BCUT2D eigenvalue weighted by atomic mass is 10.0. The Morgan fingerprint density at radius 1 is 1.47 bits per heavy atom. The van der Waals surface area contributed by atoms with E-state index in [0.29, 0.717) is 18.6 Å². The van der Waals surface area contributed by atoms with Gasteiger partial charge in [0.2, 0.25) is 6.41 Å². The van der Waals surface area contributed by atoms with Gasteiger partial charge in [-0.3, -0.25) is 4.79 Å². The molecule has 90 valence electrons. The minimum atomic E-state index is -1.38. The first-order chi connectivity index (χ1) is 8.29. The molecule has 4 heteroatoms. The van der Waals surface area contributed by atoms with Crippen LogP contribution in [0.25, 0.3) is 0 Å². The second-order valence-electron chi connectivity index (χ2n) is 3.62. The summed E-state index contributed by atoms with van der Waals surface area (Å²) in [5.74, 6) is 0. The molecule has 1 aromatic rings. The van der Waals surface area contributed by atoms with Gasteiger partial charge in [-0.25, -0.2) is 0 Å². The Kier molecular flexibility index (Phi) is 5.18. The van der Waals surface area contributed by atoms with Crippen LogP contribution in [0.15, 0.2) is 30.3 Å². The van der Waals surface area contributed by atoms with Crippen LogP contribution in [0.1, 0.15) is 25.3 Å². The van der Waals surface area contributed by atoms with E-state index in [4.69, 9.17) is 4.74 Å². The highest BCUT2D eigenvalue weighted by Gasteiger charge is 2.32. The topological polar surface area (TPSA) is 62.1 Å². The van der Waals surface area contributed by atoms with Gasteiger partial charge in [0.1, 0.15) is 6.07 Å². The number of rotatable bonds is 7. The number of benzene rings is 1. The lowest BCUT2D eigenvalue weighted by Crippen LogP contribution is -2.43. The van der Waals surface area contributed by atoms with Crippen LogP contribution in [0.2, 0.25) is 0 Å². The second kappa shape index (κ2) is 6.66. The fraction of sp³-hybridized carbons (Fsp3) is 0.385. The highest BCUT2D eigenvalue weighted by molar-refractivity contribution is 5.50. The Morgan fingerprint density at radius 3 is 2.71 bits per heavy atom. The quantitative estimate of drug-likeness (QED) is 0.444. The number of nitrogens with zero attached hydrogens (tertiary/aromatic N) is 1. The molecule has 17 heavy (non-hydrogen) atoms. The van der Waals surface area contributed by atoms with Crippen molar-refractivity contribution in [2.75, 3.05) is 6.61 Å². The van der Waals surface area contributed by atoms with Crippen molar-refractivity contribution < 1.29 is 9.53 Å². The van der Waals surface area contributed by atoms with Gasteiger partial charge in [0.05, 0.1) is 6.61 Å².